The van der Waals surface area contributed by atoms with E-state index < -0.39 is 0 Å². The molecule has 0 aromatic carbocycles. The maximum absolute atomic E-state index is 12.0. The molecular formula is C15H16N4O2. The molecule has 108 valence electrons. The number of nitrogens with zero attached hydrogens (tertiary/aromatic N) is 3. The predicted octanol–water partition coefficient (Wildman–Crippen LogP) is 1.30. The van der Waals surface area contributed by atoms with Gasteiger partial charge in [0.15, 0.2) is 5.82 Å². The van der Waals surface area contributed by atoms with Crippen LogP contribution in [-0.2, 0) is 4.74 Å². The number of carbonyl (C=O) groups is 1. The SMILES string of the molecule is O=C(NCC1CCOC1)c1cnc(-c2ccccn2)nc1. The quantitative estimate of drug-likeness (QED) is 0.916. The largest absolute Gasteiger partial charge is 0.381 e. The van der Waals surface area contributed by atoms with Gasteiger partial charge in [-0.1, -0.05) is 6.07 Å². The Hall–Kier alpha value is -2.34. The zero-order chi connectivity index (χ0) is 14.5. The maximum Gasteiger partial charge on any atom is 0.254 e. The summed E-state index contributed by atoms with van der Waals surface area (Å²) in [4.78, 5) is 24.6. The van der Waals surface area contributed by atoms with Gasteiger partial charge in [0.05, 0.1) is 12.2 Å². The van der Waals surface area contributed by atoms with E-state index >= 15 is 0 Å². The third-order valence-corrected chi connectivity index (χ3v) is 3.38. The smallest absolute Gasteiger partial charge is 0.254 e. The molecule has 0 aliphatic carbocycles. The molecule has 1 fully saturated rings. The molecule has 2 aromatic rings. The molecule has 0 radical (unpaired) electrons. The van der Waals surface area contributed by atoms with Gasteiger partial charge in [0.25, 0.3) is 5.91 Å². The molecule has 1 aliphatic rings. The summed E-state index contributed by atoms with van der Waals surface area (Å²) in [5.41, 5.74) is 1.14. The van der Waals surface area contributed by atoms with Crippen LogP contribution in [0.5, 0.6) is 0 Å². The fourth-order valence-electron chi connectivity index (χ4n) is 2.16. The van der Waals surface area contributed by atoms with E-state index in [9.17, 15) is 4.79 Å². The van der Waals surface area contributed by atoms with E-state index in [4.69, 9.17) is 4.74 Å². The first-order valence-corrected chi connectivity index (χ1v) is 6.92. The van der Waals surface area contributed by atoms with Crippen molar-refractivity contribution in [1.82, 2.24) is 20.3 Å². The Bertz CT molecular complexity index is 595. The van der Waals surface area contributed by atoms with Gasteiger partial charge in [0, 0.05) is 37.7 Å². The number of pyridine rings is 1. The average molecular weight is 284 g/mol. The van der Waals surface area contributed by atoms with Crippen LogP contribution in [0.2, 0.25) is 0 Å². The second-order valence-electron chi connectivity index (χ2n) is 4.95. The molecule has 1 atom stereocenters. The summed E-state index contributed by atoms with van der Waals surface area (Å²) in [6.07, 6.45) is 5.73. The van der Waals surface area contributed by atoms with E-state index in [1.54, 1.807) is 6.20 Å². The highest BCUT2D eigenvalue weighted by molar-refractivity contribution is 5.93. The fraction of sp³-hybridized carbons (Fsp3) is 0.333. The van der Waals surface area contributed by atoms with Crippen LogP contribution in [0.25, 0.3) is 11.5 Å². The van der Waals surface area contributed by atoms with Crippen LogP contribution in [-0.4, -0.2) is 40.6 Å². The Morgan fingerprint density at radius 1 is 1.29 bits per heavy atom. The number of aromatic nitrogens is 3. The van der Waals surface area contributed by atoms with Crippen molar-refractivity contribution in [3.05, 3.63) is 42.4 Å². The lowest BCUT2D eigenvalue weighted by atomic mass is 10.1. The van der Waals surface area contributed by atoms with E-state index in [-0.39, 0.29) is 5.91 Å². The summed E-state index contributed by atoms with van der Waals surface area (Å²) in [6.45, 7) is 2.12. The van der Waals surface area contributed by atoms with Gasteiger partial charge in [-0.15, -0.1) is 0 Å². The van der Waals surface area contributed by atoms with E-state index in [0.717, 1.165) is 19.6 Å². The van der Waals surface area contributed by atoms with Crippen molar-refractivity contribution in [3.63, 3.8) is 0 Å². The monoisotopic (exact) mass is 284 g/mol. The Balaban J connectivity index is 1.62. The molecule has 0 spiro atoms. The van der Waals surface area contributed by atoms with E-state index in [1.165, 1.54) is 12.4 Å². The first kappa shape index (κ1) is 13.6. The van der Waals surface area contributed by atoms with Gasteiger partial charge in [-0.05, 0) is 18.6 Å². The number of amides is 1. The summed E-state index contributed by atoms with van der Waals surface area (Å²) in [5, 5.41) is 2.89. The van der Waals surface area contributed by atoms with Gasteiger partial charge in [-0.3, -0.25) is 9.78 Å². The Labute approximate surface area is 122 Å². The van der Waals surface area contributed by atoms with Crippen molar-refractivity contribution in [2.24, 2.45) is 5.92 Å². The lowest BCUT2D eigenvalue weighted by Gasteiger charge is -2.09. The van der Waals surface area contributed by atoms with Gasteiger partial charge in [0.2, 0.25) is 0 Å². The highest BCUT2D eigenvalue weighted by atomic mass is 16.5. The van der Waals surface area contributed by atoms with Crippen LogP contribution >= 0.6 is 0 Å². The Kier molecular flexibility index (Phi) is 4.16. The van der Waals surface area contributed by atoms with Crippen molar-refractivity contribution in [3.8, 4) is 11.5 Å². The first-order valence-electron chi connectivity index (χ1n) is 6.92. The summed E-state index contributed by atoms with van der Waals surface area (Å²) in [7, 11) is 0. The number of carbonyl (C=O) groups excluding carboxylic acids is 1. The highest BCUT2D eigenvalue weighted by Gasteiger charge is 2.17. The summed E-state index contributed by atoms with van der Waals surface area (Å²) >= 11 is 0. The topological polar surface area (TPSA) is 77.0 Å². The second kappa shape index (κ2) is 6.41. The molecule has 3 heterocycles. The molecule has 1 aliphatic heterocycles. The highest BCUT2D eigenvalue weighted by Crippen LogP contribution is 2.12. The van der Waals surface area contributed by atoms with E-state index in [0.29, 0.717) is 29.5 Å². The standard InChI is InChI=1S/C15H16N4O2/c20-15(19-7-11-4-6-21-10-11)12-8-17-14(18-9-12)13-3-1-2-5-16-13/h1-3,5,8-9,11H,4,6-7,10H2,(H,19,20). The van der Waals surface area contributed by atoms with Gasteiger partial charge in [-0.25, -0.2) is 9.97 Å². The van der Waals surface area contributed by atoms with Gasteiger partial charge >= 0.3 is 0 Å². The number of hydrogen-bond donors (Lipinski definition) is 1. The predicted molar refractivity (Wildman–Crippen MR) is 76.5 cm³/mol. The molecule has 21 heavy (non-hydrogen) atoms. The molecule has 6 heteroatoms. The molecule has 0 bridgehead atoms. The third-order valence-electron chi connectivity index (χ3n) is 3.38. The third kappa shape index (κ3) is 3.41. The van der Waals surface area contributed by atoms with Crippen LogP contribution in [0.15, 0.2) is 36.8 Å². The lowest BCUT2D eigenvalue weighted by Crippen LogP contribution is -2.29. The van der Waals surface area contributed by atoms with Gasteiger partial charge in [-0.2, -0.15) is 0 Å². The number of hydrogen-bond acceptors (Lipinski definition) is 5. The van der Waals surface area contributed by atoms with Crippen LogP contribution in [0.1, 0.15) is 16.8 Å². The van der Waals surface area contributed by atoms with Crippen LogP contribution < -0.4 is 5.32 Å². The number of ether oxygens (including phenoxy) is 1. The van der Waals surface area contributed by atoms with E-state index in [2.05, 4.69) is 20.3 Å². The van der Waals surface area contributed by atoms with Crippen molar-refractivity contribution < 1.29 is 9.53 Å². The minimum absolute atomic E-state index is 0.158. The van der Waals surface area contributed by atoms with Crippen LogP contribution in [0.4, 0.5) is 0 Å². The summed E-state index contributed by atoms with van der Waals surface area (Å²) in [6, 6.07) is 5.53. The first-order chi connectivity index (χ1) is 10.3. The lowest BCUT2D eigenvalue weighted by molar-refractivity contribution is 0.0944. The molecule has 3 rings (SSSR count). The minimum Gasteiger partial charge on any atom is -0.381 e. The Morgan fingerprint density at radius 2 is 2.14 bits per heavy atom. The van der Waals surface area contributed by atoms with E-state index in [1.807, 2.05) is 18.2 Å². The minimum atomic E-state index is -0.158. The van der Waals surface area contributed by atoms with Crippen molar-refractivity contribution in [2.45, 2.75) is 6.42 Å². The zero-order valence-electron chi connectivity index (χ0n) is 11.5. The molecule has 1 N–H and O–H groups in total. The van der Waals surface area contributed by atoms with Crippen LogP contribution in [0.3, 0.4) is 0 Å². The average Bonchev–Trinajstić information content (AvgIpc) is 3.07. The normalized spacial score (nSPS) is 17.6. The van der Waals surface area contributed by atoms with Crippen LogP contribution in [0, 0.1) is 5.92 Å². The molecule has 1 saturated heterocycles. The number of rotatable bonds is 4. The fourth-order valence-corrected chi connectivity index (χ4v) is 2.16. The summed E-state index contributed by atoms with van der Waals surface area (Å²) in [5.74, 6) is 0.758. The van der Waals surface area contributed by atoms with Gasteiger partial charge < -0.3 is 10.1 Å². The maximum atomic E-state index is 12.0. The Morgan fingerprint density at radius 3 is 2.81 bits per heavy atom. The molecule has 1 unspecified atom stereocenters. The number of nitrogens with one attached hydrogen (secondary N) is 1. The molecule has 1 amide bonds. The molecule has 2 aromatic heterocycles. The zero-order valence-corrected chi connectivity index (χ0v) is 11.5. The van der Waals surface area contributed by atoms with Crippen molar-refractivity contribution in [1.29, 1.82) is 0 Å². The second-order valence-corrected chi connectivity index (χ2v) is 4.95. The van der Waals surface area contributed by atoms with Crippen molar-refractivity contribution in [2.75, 3.05) is 19.8 Å². The van der Waals surface area contributed by atoms with Crippen molar-refractivity contribution >= 4 is 5.91 Å². The molecule has 6 nitrogen and oxygen atoms in total. The molecule has 0 saturated carbocycles. The summed E-state index contributed by atoms with van der Waals surface area (Å²) < 4.78 is 5.28. The van der Waals surface area contributed by atoms with Gasteiger partial charge in [0.1, 0.15) is 5.69 Å². The molecular weight excluding hydrogens is 268 g/mol.